The van der Waals surface area contributed by atoms with E-state index in [4.69, 9.17) is 5.73 Å². The molecule has 0 aromatic rings. The summed E-state index contributed by atoms with van der Waals surface area (Å²) in [6.07, 6.45) is -8.51. The first-order valence-electron chi connectivity index (χ1n) is 5.92. The van der Waals surface area contributed by atoms with Crippen LogP contribution in [-0.2, 0) is 0 Å². The highest BCUT2D eigenvalue weighted by atomic mass is 19.4. The van der Waals surface area contributed by atoms with Gasteiger partial charge in [0.1, 0.15) is 0 Å². The minimum Gasteiger partial charge on any atom is -0.327 e. The molecule has 1 fully saturated rings. The van der Waals surface area contributed by atoms with Crippen LogP contribution in [-0.4, -0.2) is 18.4 Å². The minimum atomic E-state index is -5.33. The van der Waals surface area contributed by atoms with E-state index in [0.717, 1.165) is 6.42 Å². The summed E-state index contributed by atoms with van der Waals surface area (Å²) in [5, 5.41) is 0. The van der Waals surface area contributed by atoms with E-state index in [-0.39, 0.29) is 5.92 Å². The molecule has 0 amide bonds. The average molecular weight is 277 g/mol. The van der Waals surface area contributed by atoms with Crippen molar-refractivity contribution in [3.05, 3.63) is 0 Å². The third-order valence-electron chi connectivity index (χ3n) is 3.61. The fourth-order valence-corrected chi connectivity index (χ4v) is 2.72. The zero-order valence-corrected chi connectivity index (χ0v) is 9.98. The van der Waals surface area contributed by atoms with Crippen LogP contribution in [0.1, 0.15) is 32.6 Å². The van der Waals surface area contributed by atoms with Crippen LogP contribution in [0.3, 0.4) is 0 Å². The van der Waals surface area contributed by atoms with Crippen molar-refractivity contribution >= 4 is 0 Å². The number of alkyl halides is 6. The Morgan fingerprint density at radius 3 is 1.89 bits per heavy atom. The monoisotopic (exact) mass is 277 g/mol. The van der Waals surface area contributed by atoms with E-state index in [1.54, 1.807) is 0 Å². The second-order valence-electron chi connectivity index (χ2n) is 5.17. The zero-order chi connectivity index (χ0) is 14.1. The van der Waals surface area contributed by atoms with Crippen molar-refractivity contribution in [2.45, 2.75) is 51.0 Å². The lowest BCUT2D eigenvalue weighted by Gasteiger charge is -2.36. The van der Waals surface area contributed by atoms with Crippen molar-refractivity contribution in [2.24, 2.45) is 23.5 Å². The van der Waals surface area contributed by atoms with Crippen LogP contribution in [0, 0.1) is 17.8 Å². The van der Waals surface area contributed by atoms with Crippen LogP contribution in [0.15, 0.2) is 0 Å². The van der Waals surface area contributed by atoms with Crippen molar-refractivity contribution in [1.82, 2.24) is 0 Å². The second kappa shape index (κ2) is 5.27. The predicted octanol–water partition coefficient (Wildman–Crippen LogP) is 3.88. The van der Waals surface area contributed by atoms with Crippen LogP contribution in [0.5, 0.6) is 0 Å². The lowest BCUT2D eigenvalue weighted by atomic mass is 9.75. The summed E-state index contributed by atoms with van der Waals surface area (Å²) in [6, 6.07) is -1.90. The summed E-state index contributed by atoms with van der Waals surface area (Å²) in [7, 11) is 0. The van der Waals surface area contributed by atoms with Gasteiger partial charge in [0.25, 0.3) is 0 Å². The molecule has 108 valence electrons. The highest BCUT2D eigenvalue weighted by molar-refractivity contribution is 4.91. The Balaban J connectivity index is 2.86. The Morgan fingerprint density at radius 1 is 1.00 bits per heavy atom. The van der Waals surface area contributed by atoms with Crippen LogP contribution >= 0.6 is 0 Å². The molecule has 18 heavy (non-hydrogen) atoms. The molecule has 3 unspecified atom stereocenters. The van der Waals surface area contributed by atoms with E-state index in [1.165, 1.54) is 0 Å². The summed E-state index contributed by atoms with van der Waals surface area (Å²) in [6.45, 7) is 1.83. The highest BCUT2D eigenvalue weighted by Crippen LogP contribution is 2.45. The maximum absolute atomic E-state index is 12.5. The van der Waals surface area contributed by atoms with Crippen LogP contribution in [0.2, 0.25) is 0 Å². The van der Waals surface area contributed by atoms with Crippen molar-refractivity contribution < 1.29 is 26.3 Å². The van der Waals surface area contributed by atoms with Crippen LogP contribution in [0.25, 0.3) is 0 Å². The Labute approximate surface area is 102 Å². The molecule has 1 saturated carbocycles. The molecule has 0 radical (unpaired) electrons. The van der Waals surface area contributed by atoms with Gasteiger partial charge in [0, 0.05) is 6.04 Å². The topological polar surface area (TPSA) is 26.0 Å². The van der Waals surface area contributed by atoms with Gasteiger partial charge in [-0.3, -0.25) is 0 Å². The fourth-order valence-electron chi connectivity index (χ4n) is 2.72. The molecule has 1 rings (SSSR count). The molecule has 3 atom stereocenters. The van der Waals surface area contributed by atoms with Gasteiger partial charge < -0.3 is 5.73 Å². The van der Waals surface area contributed by atoms with Gasteiger partial charge in [0.2, 0.25) is 0 Å². The summed E-state index contributed by atoms with van der Waals surface area (Å²) in [4.78, 5) is 0. The summed E-state index contributed by atoms with van der Waals surface area (Å²) in [5.74, 6) is -3.99. The number of hydrogen-bond donors (Lipinski definition) is 1. The van der Waals surface area contributed by atoms with Gasteiger partial charge in [-0.05, 0) is 24.7 Å². The molecule has 2 N–H and O–H groups in total. The van der Waals surface area contributed by atoms with Gasteiger partial charge in [-0.25, -0.2) is 0 Å². The first kappa shape index (κ1) is 15.6. The lowest BCUT2D eigenvalue weighted by molar-refractivity contribution is -0.293. The predicted molar refractivity (Wildman–Crippen MR) is 54.7 cm³/mol. The maximum atomic E-state index is 12.5. The van der Waals surface area contributed by atoms with Crippen molar-refractivity contribution in [3.8, 4) is 0 Å². The van der Waals surface area contributed by atoms with E-state index in [1.807, 2.05) is 6.92 Å². The van der Waals surface area contributed by atoms with E-state index in [2.05, 4.69) is 0 Å². The molecule has 1 aliphatic carbocycles. The standard InChI is InChI=1S/C11H17F6N/c1-6-3-2-4-7(5-6)8(18)9(10(12,13)14)11(15,16)17/h6-9H,2-5,18H2,1H3. The van der Waals surface area contributed by atoms with Crippen LogP contribution in [0.4, 0.5) is 26.3 Å². The van der Waals surface area contributed by atoms with Gasteiger partial charge in [0.15, 0.2) is 5.92 Å². The molecule has 0 aromatic carbocycles. The number of hydrogen-bond acceptors (Lipinski definition) is 1. The third-order valence-corrected chi connectivity index (χ3v) is 3.61. The fraction of sp³-hybridized carbons (Fsp3) is 1.00. The first-order chi connectivity index (χ1) is 8.03. The number of rotatable bonds is 2. The van der Waals surface area contributed by atoms with E-state index in [9.17, 15) is 26.3 Å². The average Bonchev–Trinajstić information content (AvgIpc) is 2.12. The Kier molecular flexibility index (Phi) is 4.56. The minimum absolute atomic E-state index is 0.136. The lowest BCUT2D eigenvalue weighted by Crippen LogP contribution is -2.52. The molecule has 0 aliphatic heterocycles. The maximum Gasteiger partial charge on any atom is 0.402 e. The molecule has 0 spiro atoms. The van der Waals surface area contributed by atoms with Gasteiger partial charge in [-0.1, -0.05) is 19.8 Å². The number of nitrogens with two attached hydrogens (primary N) is 1. The Morgan fingerprint density at radius 2 is 1.50 bits per heavy atom. The zero-order valence-electron chi connectivity index (χ0n) is 9.98. The SMILES string of the molecule is CC1CCCC(C(N)C(C(F)(F)F)C(F)(F)F)C1. The molecule has 1 aliphatic rings. The summed E-state index contributed by atoms with van der Waals surface area (Å²) < 4.78 is 75.1. The first-order valence-corrected chi connectivity index (χ1v) is 5.92. The molecular weight excluding hydrogens is 260 g/mol. The quantitative estimate of drug-likeness (QED) is 0.762. The summed E-state index contributed by atoms with van der Waals surface area (Å²) >= 11 is 0. The molecule has 0 heterocycles. The van der Waals surface area contributed by atoms with Gasteiger partial charge in [-0.2, -0.15) is 26.3 Å². The van der Waals surface area contributed by atoms with Crippen LogP contribution < -0.4 is 5.73 Å². The molecule has 0 aromatic heterocycles. The second-order valence-corrected chi connectivity index (χ2v) is 5.17. The molecular formula is C11H17F6N. The van der Waals surface area contributed by atoms with Gasteiger partial charge >= 0.3 is 12.4 Å². The molecule has 7 heteroatoms. The Hall–Kier alpha value is -0.460. The normalized spacial score (nSPS) is 28.5. The third kappa shape index (κ3) is 3.76. The number of halogens is 6. The van der Waals surface area contributed by atoms with Crippen molar-refractivity contribution in [2.75, 3.05) is 0 Å². The molecule has 0 bridgehead atoms. The van der Waals surface area contributed by atoms with E-state index in [0.29, 0.717) is 19.3 Å². The molecule has 0 saturated heterocycles. The Bertz CT molecular complexity index is 258. The highest BCUT2D eigenvalue weighted by Gasteiger charge is 2.60. The molecule has 1 nitrogen and oxygen atoms in total. The van der Waals surface area contributed by atoms with E-state index >= 15 is 0 Å². The smallest absolute Gasteiger partial charge is 0.327 e. The van der Waals surface area contributed by atoms with E-state index < -0.39 is 30.2 Å². The van der Waals surface area contributed by atoms with Crippen molar-refractivity contribution in [1.29, 1.82) is 0 Å². The largest absolute Gasteiger partial charge is 0.402 e. The summed E-state index contributed by atoms with van der Waals surface area (Å²) in [5.41, 5.74) is 5.29. The van der Waals surface area contributed by atoms with Gasteiger partial charge in [0.05, 0.1) is 0 Å². The van der Waals surface area contributed by atoms with Crippen molar-refractivity contribution in [3.63, 3.8) is 0 Å². The van der Waals surface area contributed by atoms with Gasteiger partial charge in [-0.15, -0.1) is 0 Å².